The Labute approximate surface area is 99.0 Å². The predicted octanol–water partition coefficient (Wildman–Crippen LogP) is 3.47. The van der Waals surface area contributed by atoms with Gasteiger partial charge in [0.25, 0.3) is 0 Å². The molecule has 0 radical (unpaired) electrons. The fourth-order valence-corrected chi connectivity index (χ4v) is 1.82. The summed E-state index contributed by atoms with van der Waals surface area (Å²) < 4.78 is 13.2. The fraction of sp³-hybridized carbons (Fsp3) is 0.143. The summed E-state index contributed by atoms with van der Waals surface area (Å²) in [4.78, 5) is 0. The Morgan fingerprint density at radius 3 is 2.41 bits per heavy atom. The monoisotopic (exact) mass is 232 g/mol. The Kier molecular flexibility index (Phi) is 3.00. The number of phenols is 2. The maximum Gasteiger partial charge on any atom is 0.158 e. The smallest absolute Gasteiger partial charge is 0.158 e. The van der Waals surface area contributed by atoms with Gasteiger partial charge in [0.1, 0.15) is 5.82 Å². The number of benzene rings is 2. The van der Waals surface area contributed by atoms with Crippen LogP contribution in [-0.4, -0.2) is 10.2 Å². The Morgan fingerprint density at radius 1 is 1.00 bits per heavy atom. The highest BCUT2D eigenvalue weighted by Crippen LogP contribution is 2.32. The molecule has 0 fully saturated rings. The number of phenolic OH excluding ortho intramolecular Hbond substituents is 2. The molecule has 0 aliphatic carbocycles. The summed E-state index contributed by atoms with van der Waals surface area (Å²) in [6.45, 7) is 1.98. The number of hydrogen-bond acceptors (Lipinski definition) is 2. The average Bonchev–Trinajstić information content (AvgIpc) is 2.32. The highest BCUT2D eigenvalue weighted by atomic mass is 19.1. The molecule has 0 atom stereocenters. The number of aryl methyl sites for hydroxylation is 1. The van der Waals surface area contributed by atoms with E-state index in [1.165, 1.54) is 24.3 Å². The molecule has 2 rings (SSSR count). The fourth-order valence-electron chi connectivity index (χ4n) is 1.82. The second kappa shape index (κ2) is 4.45. The van der Waals surface area contributed by atoms with Gasteiger partial charge in [-0.2, -0.15) is 0 Å². The normalized spacial score (nSPS) is 10.5. The minimum atomic E-state index is -0.315. The van der Waals surface area contributed by atoms with Crippen LogP contribution in [0.4, 0.5) is 4.39 Å². The Bertz CT molecular complexity index is 550. The van der Waals surface area contributed by atoms with E-state index >= 15 is 0 Å². The van der Waals surface area contributed by atoms with E-state index in [0.717, 1.165) is 17.5 Å². The van der Waals surface area contributed by atoms with Crippen molar-refractivity contribution in [3.8, 4) is 22.6 Å². The van der Waals surface area contributed by atoms with Crippen LogP contribution in [0.15, 0.2) is 36.4 Å². The average molecular weight is 232 g/mol. The zero-order chi connectivity index (χ0) is 12.4. The molecule has 2 nitrogen and oxygen atoms in total. The van der Waals surface area contributed by atoms with E-state index in [0.29, 0.717) is 5.56 Å². The zero-order valence-electron chi connectivity index (χ0n) is 9.44. The Morgan fingerprint density at radius 2 is 1.76 bits per heavy atom. The second-order valence-corrected chi connectivity index (χ2v) is 3.86. The summed E-state index contributed by atoms with van der Waals surface area (Å²) in [7, 11) is 0. The van der Waals surface area contributed by atoms with E-state index in [4.69, 9.17) is 0 Å². The lowest BCUT2D eigenvalue weighted by atomic mass is 9.97. The molecule has 2 aromatic rings. The Balaban J connectivity index is 2.58. The van der Waals surface area contributed by atoms with Crippen molar-refractivity contribution in [2.45, 2.75) is 13.3 Å². The van der Waals surface area contributed by atoms with Crippen LogP contribution >= 0.6 is 0 Å². The van der Waals surface area contributed by atoms with Gasteiger partial charge in [-0.1, -0.05) is 19.1 Å². The number of aromatic hydroxyl groups is 2. The maximum absolute atomic E-state index is 13.2. The Hall–Kier alpha value is -2.03. The zero-order valence-corrected chi connectivity index (χ0v) is 9.44. The van der Waals surface area contributed by atoms with Gasteiger partial charge < -0.3 is 10.2 Å². The summed E-state index contributed by atoms with van der Waals surface area (Å²) in [5, 5.41) is 18.7. The van der Waals surface area contributed by atoms with Crippen LogP contribution in [0, 0.1) is 5.82 Å². The van der Waals surface area contributed by atoms with Gasteiger partial charge in [-0.25, -0.2) is 4.39 Å². The molecule has 3 heteroatoms. The van der Waals surface area contributed by atoms with Crippen LogP contribution in [0.2, 0.25) is 0 Å². The van der Waals surface area contributed by atoms with Crippen molar-refractivity contribution in [1.82, 2.24) is 0 Å². The molecule has 0 aliphatic rings. The van der Waals surface area contributed by atoms with Crippen LogP contribution in [0.1, 0.15) is 12.5 Å². The van der Waals surface area contributed by atoms with Gasteiger partial charge in [0, 0.05) is 0 Å². The number of hydrogen-bond donors (Lipinski definition) is 2. The van der Waals surface area contributed by atoms with E-state index in [1.54, 1.807) is 12.1 Å². The lowest BCUT2D eigenvalue weighted by molar-refractivity contribution is 0.404. The van der Waals surface area contributed by atoms with Crippen LogP contribution in [-0.2, 0) is 6.42 Å². The van der Waals surface area contributed by atoms with Crippen molar-refractivity contribution in [3.05, 3.63) is 47.8 Å². The van der Waals surface area contributed by atoms with Crippen LogP contribution in [0.3, 0.4) is 0 Å². The predicted molar refractivity (Wildman–Crippen MR) is 64.5 cm³/mol. The lowest BCUT2D eigenvalue weighted by Gasteiger charge is -2.09. The SMILES string of the molecule is CCc1ccc(F)cc1-c1ccc(O)c(O)c1. The van der Waals surface area contributed by atoms with Gasteiger partial charge in [0.2, 0.25) is 0 Å². The third kappa shape index (κ3) is 2.23. The largest absolute Gasteiger partial charge is 0.504 e. The summed E-state index contributed by atoms with van der Waals surface area (Å²) >= 11 is 0. The van der Waals surface area contributed by atoms with Crippen LogP contribution < -0.4 is 0 Å². The first-order valence-electron chi connectivity index (χ1n) is 5.42. The number of rotatable bonds is 2. The van der Waals surface area contributed by atoms with Crippen LogP contribution in [0.25, 0.3) is 11.1 Å². The summed E-state index contributed by atoms with van der Waals surface area (Å²) in [5.41, 5.74) is 2.43. The van der Waals surface area contributed by atoms with Crippen molar-refractivity contribution >= 4 is 0 Å². The molecule has 0 heterocycles. The van der Waals surface area contributed by atoms with Crippen molar-refractivity contribution < 1.29 is 14.6 Å². The standard InChI is InChI=1S/C14H13FO2/c1-2-9-3-5-11(15)8-12(9)10-4-6-13(16)14(17)7-10/h3-8,16-17H,2H2,1H3. The number of halogens is 1. The van der Waals surface area contributed by atoms with Crippen molar-refractivity contribution in [2.24, 2.45) is 0 Å². The van der Waals surface area contributed by atoms with Crippen molar-refractivity contribution in [3.63, 3.8) is 0 Å². The molecular formula is C14H13FO2. The van der Waals surface area contributed by atoms with Gasteiger partial charge in [0.05, 0.1) is 0 Å². The maximum atomic E-state index is 13.2. The van der Waals surface area contributed by atoms with E-state index < -0.39 is 0 Å². The van der Waals surface area contributed by atoms with E-state index in [2.05, 4.69) is 0 Å². The molecule has 0 unspecified atom stereocenters. The third-order valence-corrected chi connectivity index (χ3v) is 2.74. The molecule has 88 valence electrons. The van der Waals surface area contributed by atoms with Gasteiger partial charge in [0.15, 0.2) is 11.5 Å². The first-order valence-corrected chi connectivity index (χ1v) is 5.42. The van der Waals surface area contributed by atoms with Gasteiger partial charge in [-0.05, 0) is 47.4 Å². The van der Waals surface area contributed by atoms with Gasteiger partial charge in [-0.15, -0.1) is 0 Å². The molecule has 2 aromatic carbocycles. The molecule has 0 amide bonds. The molecule has 0 aromatic heterocycles. The summed E-state index contributed by atoms with van der Waals surface area (Å²) in [5.74, 6) is -0.693. The molecule has 0 saturated heterocycles. The highest BCUT2D eigenvalue weighted by molar-refractivity contribution is 5.70. The molecule has 0 spiro atoms. The first-order chi connectivity index (χ1) is 8.11. The topological polar surface area (TPSA) is 40.5 Å². The molecule has 0 bridgehead atoms. The first kappa shape index (κ1) is 11.5. The molecular weight excluding hydrogens is 219 g/mol. The van der Waals surface area contributed by atoms with Crippen molar-refractivity contribution in [2.75, 3.05) is 0 Å². The van der Waals surface area contributed by atoms with Crippen LogP contribution in [0.5, 0.6) is 11.5 Å². The quantitative estimate of drug-likeness (QED) is 0.778. The summed E-state index contributed by atoms with van der Waals surface area (Å²) in [6, 6.07) is 9.07. The summed E-state index contributed by atoms with van der Waals surface area (Å²) in [6.07, 6.45) is 0.775. The van der Waals surface area contributed by atoms with Gasteiger partial charge in [-0.3, -0.25) is 0 Å². The minimum absolute atomic E-state index is 0.178. The molecule has 0 aliphatic heterocycles. The molecule has 0 saturated carbocycles. The third-order valence-electron chi connectivity index (χ3n) is 2.74. The van der Waals surface area contributed by atoms with E-state index in [-0.39, 0.29) is 17.3 Å². The lowest BCUT2D eigenvalue weighted by Crippen LogP contribution is -1.89. The molecule has 17 heavy (non-hydrogen) atoms. The van der Waals surface area contributed by atoms with Crippen molar-refractivity contribution in [1.29, 1.82) is 0 Å². The van der Waals surface area contributed by atoms with E-state index in [1.807, 2.05) is 6.92 Å². The van der Waals surface area contributed by atoms with E-state index in [9.17, 15) is 14.6 Å². The second-order valence-electron chi connectivity index (χ2n) is 3.86. The van der Waals surface area contributed by atoms with Gasteiger partial charge >= 0.3 is 0 Å². The minimum Gasteiger partial charge on any atom is -0.504 e. The highest BCUT2D eigenvalue weighted by Gasteiger charge is 2.08. The molecule has 2 N–H and O–H groups in total.